The highest BCUT2D eigenvalue weighted by Gasteiger charge is 2.24. The molecule has 2 nitrogen and oxygen atoms in total. The van der Waals surface area contributed by atoms with Gasteiger partial charge in [-0.05, 0) is 62.1 Å². The van der Waals surface area contributed by atoms with Crippen molar-refractivity contribution >= 4 is 12.4 Å². The van der Waals surface area contributed by atoms with Crippen molar-refractivity contribution in [2.24, 2.45) is 11.7 Å². The Balaban J connectivity index is 0.00000162. The Hall–Kier alpha value is -0.730. The molecule has 1 atom stereocenters. The molecular formula is C15H24ClNO. The van der Waals surface area contributed by atoms with Crippen LogP contribution in [0.25, 0.3) is 0 Å². The number of methoxy groups -OCH3 is 1. The Morgan fingerprint density at radius 1 is 1.11 bits per heavy atom. The molecule has 1 aliphatic rings. The Bertz CT molecular complexity index is 342. The van der Waals surface area contributed by atoms with E-state index in [1.54, 1.807) is 7.11 Å². The first kappa shape index (κ1) is 15.3. The van der Waals surface area contributed by atoms with Crippen LogP contribution in [0.3, 0.4) is 0 Å². The Labute approximate surface area is 116 Å². The molecule has 0 heterocycles. The van der Waals surface area contributed by atoms with Gasteiger partial charge in [-0.25, -0.2) is 0 Å². The molecule has 2 N–H and O–H groups in total. The minimum absolute atomic E-state index is 0. The van der Waals surface area contributed by atoms with Crippen LogP contribution in [0.1, 0.15) is 44.1 Å². The van der Waals surface area contributed by atoms with Gasteiger partial charge in [-0.15, -0.1) is 12.4 Å². The SMILES string of the molecule is COc1ccc(C2CCC(C(C)N)CC2)cc1.Cl. The summed E-state index contributed by atoms with van der Waals surface area (Å²) in [4.78, 5) is 0. The summed E-state index contributed by atoms with van der Waals surface area (Å²) >= 11 is 0. The van der Waals surface area contributed by atoms with Crippen molar-refractivity contribution in [1.82, 2.24) is 0 Å². The van der Waals surface area contributed by atoms with E-state index in [0.29, 0.717) is 6.04 Å². The largest absolute Gasteiger partial charge is 0.497 e. The maximum atomic E-state index is 5.97. The normalized spacial score (nSPS) is 25.1. The highest BCUT2D eigenvalue weighted by molar-refractivity contribution is 5.85. The zero-order valence-corrected chi connectivity index (χ0v) is 12.1. The summed E-state index contributed by atoms with van der Waals surface area (Å²) < 4.78 is 5.19. The van der Waals surface area contributed by atoms with Gasteiger partial charge in [0.2, 0.25) is 0 Å². The first-order chi connectivity index (χ1) is 8.20. The van der Waals surface area contributed by atoms with Gasteiger partial charge in [0.15, 0.2) is 0 Å². The molecule has 1 aromatic rings. The third-order valence-corrected chi connectivity index (χ3v) is 4.10. The summed E-state index contributed by atoms with van der Waals surface area (Å²) in [7, 11) is 1.71. The van der Waals surface area contributed by atoms with Crippen molar-refractivity contribution in [3.63, 3.8) is 0 Å². The van der Waals surface area contributed by atoms with E-state index in [9.17, 15) is 0 Å². The standard InChI is InChI=1S/C15H23NO.ClH/c1-11(16)12-3-5-13(6-4-12)14-7-9-15(17-2)10-8-14;/h7-13H,3-6,16H2,1-2H3;1H. The molecule has 0 spiro atoms. The van der Waals surface area contributed by atoms with E-state index in [-0.39, 0.29) is 12.4 Å². The zero-order chi connectivity index (χ0) is 12.3. The average Bonchev–Trinajstić information content (AvgIpc) is 2.39. The second-order valence-corrected chi connectivity index (χ2v) is 5.24. The maximum absolute atomic E-state index is 5.97. The quantitative estimate of drug-likeness (QED) is 0.907. The van der Waals surface area contributed by atoms with E-state index < -0.39 is 0 Å². The van der Waals surface area contributed by atoms with E-state index in [1.807, 2.05) is 0 Å². The number of ether oxygens (including phenoxy) is 1. The number of hydrogen-bond acceptors (Lipinski definition) is 2. The van der Waals surface area contributed by atoms with E-state index >= 15 is 0 Å². The molecule has 0 radical (unpaired) electrons. The molecular weight excluding hydrogens is 246 g/mol. The highest BCUT2D eigenvalue weighted by Crippen LogP contribution is 2.37. The maximum Gasteiger partial charge on any atom is 0.118 e. The monoisotopic (exact) mass is 269 g/mol. The summed E-state index contributed by atoms with van der Waals surface area (Å²) in [6.45, 7) is 2.14. The van der Waals surface area contributed by atoms with Gasteiger partial charge in [-0.3, -0.25) is 0 Å². The molecule has 0 amide bonds. The van der Waals surface area contributed by atoms with Gasteiger partial charge in [-0.1, -0.05) is 12.1 Å². The fraction of sp³-hybridized carbons (Fsp3) is 0.600. The Morgan fingerprint density at radius 2 is 1.67 bits per heavy atom. The molecule has 0 bridgehead atoms. The van der Waals surface area contributed by atoms with Crippen LogP contribution in [0.4, 0.5) is 0 Å². The smallest absolute Gasteiger partial charge is 0.118 e. The summed E-state index contributed by atoms with van der Waals surface area (Å²) in [6, 6.07) is 8.89. The topological polar surface area (TPSA) is 35.2 Å². The number of benzene rings is 1. The molecule has 1 aliphatic carbocycles. The van der Waals surface area contributed by atoms with Crippen molar-refractivity contribution in [3.8, 4) is 5.75 Å². The van der Waals surface area contributed by atoms with Crippen LogP contribution in [0, 0.1) is 5.92 Å². The van der Waals surface area contributed by atoms with Gasteiger partial charge >= 0.3 is 0 Å². The lowest BCUT2D eigenvalue weighted by molar-refractivity contribution is 0.291. The molecule has 18 heavy (non-hydrogen) atoms. The van der Waals surface area contributed by atoms with Gasteiger partial charge in [-0.2, -0.15) is 0 Å². The minimum Gasteiger partial charge on any atom is -0.497 e. The van der Waals surface area contributed by atoms with Crippen molar-refractivity contribution in [2.45, 2.75) is 44.6 Å². The molecule has 2 rings (SSSR count). The fourth-order valence-electron chi connectivity index (χ4n) is 2.85. The number of rotatable bonds is 3. The van der Waals surface area contributed by atoms with Gasteiger partial charge in [0.1, 0.15) is 5.75 Å². The van der Waals surface area contributed by atoms with Crippen LogP contribution in [0.2, 0.25) is 0 Å². The number of halogens is 1. The number of hydrogen-bond donors (Lipinski definition) is 1. The molecule has 1 aromatic carbocycles. The minimum atomic E-state index is 0. The Kier molecular flexibility index (Phi) is 5.97. The number of nitrogens with two attached hydrogens (primary N) is 1. The van der Waals surface area contributed by atoms with Crippen LogP contribution in [-0.2, 0) is 0 Å². The zero-order valence-electron chi connectivity index (χ0n) is 11.3. The van der Waals surface area contributed by atoms with E-state index in [2.05, 4.69) is 31.2 Å². The fourth-order valence-corrected chi connectivity index (χ4v) is 2.85. The van der Waals surface area contributed by atoms with Crippen molar-refractivity contribution in [3.05, 3.63) is 29.8 Å². The summed E-state index contributed by atoms with van der Waals surface area (Å²) in [5, 5.41) is 0. The lowest BCUT2D eigenvalue weighted by atomic mass is 9.76. The molecule has 0 aromatic heterocycles. The van der Waals surface area contributed by atoms with E-state index in [4.69, 9.17) is 10.5 Å². The predicted octanol–water partition coefficient (Wildman–Crippen LogP) is 3.74. The molecule has 0 saturated heterocycles. The summed E-state index contributed by atoms with van der Waals surface area (Å²) in [5.74, 6) is 2.39. The molecule has 3 heteroatoms. The van der Waals surface area contributed by atoms with Gasteiger partial charge < -0.3 is 10.5 Å². The van der Waals surface area contributed by atoms with Crippen molar-refractivity contribution < 1.29 is 4.74 Å². The highest BCUT2D eigenvalue weighted by atomic mass is 35.5. The van der Waals surface area contributed by atoms with Gasteiger partial charge in [0.25, 0.3) is 0 Å². The van der Waals surface area contributed by atoms with E-state index in [0.717, 1.165) is 17.6 Å². The molecule has 1 fully saturated rings. The molecule has 0 aliphatic heterocycles. The van der Waals surface area contributed by atoms with Crippen molar-refractivity contribution in [2.75, 3.05) is 7.11 Å². The third kappa shape index (κ3) is 3.63. The summed E-state index contributed by atoms with van der Waals surface area (Å²) in [6.07, 6.45) is 5.10. The lowest BCUT2D eigenvalue weighted by Crippen LogP contribution is -2.29. The van der Waals surface area contributed by atoms with Crippen LogP contribution in [-0.4, -0.2) is 13.2 Å². The Morgan fingerprint density at radius 3 is 2.11 bits per heavy atom. The van der Waals surface area contributed by atoms with E-state index in [1.165, 1.54) is 31.2 Å². The second-order valence-electron chi connectivity index (χ2n) is 5.24. The first-order valence-corrected chi connectivity index (χ1v) is 6.60. The predicted molar refractivity (Wildman–Crippen MR) is 78.6 cm³/mol. The van der Waals surface area contributed by atoms with Crippen LogP contribution in [0.15, 0.2) is 24.3 Å². The third-order valence-electron chi connectivity index (χ3n) is 4.10. The van der Waals surface area contributed by atoms with Gasteiger partial charge in [0, 0.05) is 6.04 Å². The molecule has 1 unspecified atom stereocenters. The van der Waals surface area contributed by atoms with Crippen LogP contribution in [0.5, 0.6) is 5.75 Å². The van der Waals surface area contributed by atoms with Crippen LogP contribution < -0.4 is 10.5 Å². The summed E-state index contributed by atoms with van der Waals surface area (Å²) in [5.41, 5.74) is 7.43. The molecule has 102 valence electrons. The first-order valence-electron chi connectivity index (χ1n) is 6.60. The molecule has 1 saturated carbocycles. The average molecular weight is 270 g/mol. The lowest BCUT2D eigenvalue weighted by Gasteiger charge is -2.31. The van der Waals surface area contributed by atoms with Crippen molar-refractivity contribution in [1.29, 1.82) is 0 Å². The van der Waals surface area contributed by atoms with Gasteiger partial charge in [0.05, 0.1) is 7.11 Å². The second kappa shape index (κ2) is 7.01. The van der Waals surface area contributed by atoms with Crippen LogP contribution >= 0.6 is 12.4 Å².